The first-order valence-electron chi connectivity index (χ1n) is 9.44. The zero-order valence-corrected chi connectivity index (χ0v) is 15.6. The molecule has 1 amide bonds. The van der Waals surface area contributed by atoms with Gasteiger partial charge in [-0.05, 0) is 38.3 Å². The molecule has 1 fully saturated rings. The highest BCUT2D eigenvalue weighted by molar-refractivity contribution is 5.97. The number of anilines is 2. The Balaban J connectivity index is 1.42. The summed E-state index contributed by atoms with van der Waals surface area (Å²) in [6.45, 7) is 6.38. The Morgan fingerprint density at radius 3 is 2.93 bits per heavy atom. The van der Waals surface area contributed by atoms with E-state index in [0.29, 0.717) is 12.3 Å². The smallest absolute Gasteiger partial charge is 0.254 e. The van der Waals surface area contributed by atoms with Gasteiger partial charge in [-0.2, -0.15) is 14.6 Å². The number of fused-ring (bicyclic) bond motifs is 2. The van der Waals surface area contributed by atoms with E-state index in [4.69, 9.17) is 0 Å². The zero-order chi connectivity index (χ0) is 18.5. The fraction of sp³-hybridized carbons (Fsp3) is 0.400. The molecule has 1 unspecified atom stereocenters. The lowest BCUT2D eigenvalue weighted by Gasteiger charge is -2.24. The van der Waals surface area contributed by atoms with Gasteiger partial charge in [-0.25, -0.2) is 4.98 Å². The summed E-state index contributed by atoms with van der Waals surface area (Å²) in [6, 6.07) is 8.23. The van der Waals surface area contributed by atoms with E-state index in [1.54, 1.807) is 4.52 Å². The number of nitrogens with zero attached hydrogens (tertiary/aromatic N) is 6. The molecule has 2 aliphatic heterocycles. The average Bonchev–Trinajstić information content (AvgIpc) is 3.41. The second kappa shape index (κ2) is 6.04. The first-order chi connectivity index (χ1) is 13.1. The molecule has 3 aromatic rings. The van der Waals surface area contributed by atoms with E-state index in [1.807, 2.05) is 24.0 Å². The SMILES string of the molecule is Cc1nc2ncnn2c(N2CCC(C(=O)N3CCc4ccccc43)C2)c1C. The predicted octanol–water partition coefficient (Wildman–Crippen LogP) is 2.16. The highest BCUT2D eigenvalue weighted by atomic mass is 16.2. The van der Waals surface area contributed by atoms with Crippen LogP contribution < -0.4 is 9.80 Å². The molecule has 0 aliphatic carbocycles. The van der Waals surface area contributed by atoms with E-state index >= 15 is 0 Å². The van der Waals surface area contributed by atoms with Crippen LogP contribution in [0.4, 0.5) is 11.5 Å². The minimum absolute atomic E-state index is 0.00241. The van der Waals surface area contributed by atoms with Crippen LogP contribution in [-0.4, -0.2) is 45.1 Å². The first-order valence-corrected chi connectivity index (χ1v) is 9.44. The lowest BCUT2D eigenvalue weighted by atomic mass is 10.1. The van der Waals surface area contributed by atoms with E-state index < -0.39 is 0 Å². The highest BCUT2D eigenvalue weighted by Gasteiger charge is 2.35. The number of benzene rings is 1. The molecule has 5 rings (SSSR count). The number of carbonyl (C=O) groups excluding carboxylic acids is 1. The topological polar surface area (TPSA) is 66.6 Å². The Bertz CT molecular complexity index is 1040. The van der Waals surface area contributed by atoms with Crippen molar-refractivity contribution in [2.24, 2.45) is 5.92 Å². The second-order valence-corrected chi connectivity index (χ2v) is 7.42. The van der Waals surface area contributed by atoms with Crippen LogP contribution >= 0.6 is 0 Å². The van der Waals surface area contributed by atoms with Gasteiger partial charge in [-0.3, -0.25) is 4.79 Å². The maximum atomic E-state index is 13.2. The molecular weight excluding hydrogens is 340 g/mol. The molecule has 2 aliphatic rings. The van der Waals surface area contributed by atoms with Crippen molar-refractivity contribution in [3.8, 4) is 0 Å². The molecule has 7 heteroatoms. The molecular formula is C20H22N6O. The lowest BCUT2D eigenvalue weighted by Crippen LogP contribution is -2.36. The van der Waals surface area contributed by atoms with Gasteiger partial charge in [-0.1, -0.05) is 18.2 Å². The van der Waals surface area contributed by atoms with Gasteiger partial charge in [0.15, 0.2) is 0 Å². The highest BCUT2D eigenvalue weighted by Crippen LogP contribution is 2.33. The fourth-order valence-electron chi connectivity index (χ4n) is 4.33. The standard InChI is InChI=1S/C20H22N6O/c1-13-14(2)23-20-21-12-22-26(20)18(13)24-9-7-16(11-24)19(27)25-10-8-15-5-3-4-6-17(15)25/h3-6,12,16H,7-11H2,1-2H3. The monoisotopic (exact) mass is 362 g/mol. The maximum absolute atomic E-state index is 13.2. The number of aryl methyl sites for hydroxylation is 1. The lowest BCUT2D eigenvalue weighted by molar-refractivity contribution is -0.121. The molecule has 0 saturated carbocycles. The van der Waals surface area contributed by atoms with Crippen molar-refractivity contribution in [1.29, 1.82) is 0 Å². The van der Waals surface area contributed by atoms with Gasteiger partial charge in [0.1, 0.15) is 12.1 Å². The quantitative estimate of drug-likeness (QED) is 0.699. The summed E-state index contributed by atoms with van der Waals surface area (Å²) in [4.78, 5) is 26.2. The number of para-hydroxylation sites is 1. The van der Waals surface area contributed by atoms with Gasteiger partial charge < -0.3 is 9.80 Å². The van der Waals surface area contributed by atoms with Crippen molar-refractivity contribution in [2.45, 2.75) is 26.7 Å². The normalized spacial score (nSPS) is 19.1. The molecule has 1 aromatic carbocycles. The van der Waals surface area contributed by atoms with E-state index in [-0.39, 0.29) is 11.8 Å². The Morgan fingerprint density at radius 1 is 1.19 bits per heavy atom. The average molecular weight is 362 g/mol. The number of aromatic nitrogens is 4. The van der Waals surface area contributed by atoms with Crippen molar-refractivity contribution in [3.05, 3.63) is 47.4 Å². The number of amides is 1. The molecule has 0 bridgehead atoms. The van der Waals surface area contributed by atoms with Gasteiger partial charge >= 0.3 is 0 Å². The third-order valence-electron chi connectivity index (χ3n) is 5.87. The number of carbonyl (C=O) groups is 1. The van der Waals surface area contributed by atoms with Crippen molar-refractivity contribution >= 4 is 23.2 Å². The van der Waals surface area contributed by atoms with Crippen LogP contribution in [0.15, 0.2) is 30.6 Å². The number of rotatable bonds is 2. The van der Waals surface area contributed by atoms with Crippen LogP contribution in [0.25, 0.3) is 5.78 Å². The second-order valence-electron chi connectivity index (χ2n) is 7.42. The third-order valence-corrected chi connectivity index (χ3v) is 5.87. The molecule has 0 N–H and O–H groups in total. The summed E-state index contributed by atoms with van der Waals surface area (Å²) in [6.07, 6.45) is 3.33. The van der Waals surface area contributed by atoms with Crippen molar-refractivity contribution in [2.75, 3.05) is 29.4 Å². The Morgan fingerprint density at radius 2 is 2.04 bits per heavy atom. The number of hydrogen-bond donors (Lipinski definition) is 0. The molecule has 1 atom stereocenters. The first kappa shape index (κ1) is 16.2. The molecule has 138 valence electrons. The summed E-state index contributed by atoms with van der Waals surface area (Å²) in [5.41, 5.74) is 4.39. The van der Waals surface area contributed by atoms with Crippen LogP contribution in [0.1, 0.15) is 23.2 Å². The minimum atomic E-state index is 0.00241. The minimum Gasteiger partial charge on any atom is -0.355 e. The van der Waals surface area contributed by atoms with Crippen LogP contribution in [0.3, 0.4) is 0 Å². The third kappa shape index (κ3) is 2.49. The van der Waals surface area contributed by atoms with Gasteiger partial charge in [0.2, 0.25) is 5.91 Å². The van der Waals surface area contributed by atoms with Gasteiger partial charge in [-0.15, -0.1) is 0 Å². The zero-order valence-electron chi connectivity index (χ0n) is 15.6. The molecule has 1 saturated heterocycles. The van der Waals surface area contributed by atoms with Crippen LogP contribution in [0.5, 0.6) is 0 Å². The summed E-state index contributed by atoms with van der Waals surface area (Å²) >= 11 is 0. The van der Waals surface area contributed by atoms with Crippen LogP contribution in [0.2, 0.25) is 0 Å². The van der Waals surface area contributed by atoms with E-state index in [2.05, 4.69) is 39.0 Å². The predicted molar refractivity (Wildman–Crippen MR) is 103 cm³/mol. The van der Waals surface area contributed by atoms with Crippen LogP contribution in [0, 0.1) is 19.8 Å². The fourth-order valence-corrected chi connectivity index (χ4v) is 4.33. The van der Waals surface area contributed by atoms with E-state index in [9.17, 15) is 4.79 Å². The van der Waals surface area contributed by atoms with Crippen molar-refractivity contribution < 1.29 is 4.79 Å². The van der Waals surface area contributed by atoms with Gasteiger partial charge in [0.05, 0.1) is 5.92 Å². The summed E-state index contributed by atoms with van der Waals surface area (Å²) < 4.78 is 1.79. The number of hydrogen-bond acceptors (Lipinski definition) is 5. The molecule has 0 radical (unpaired) electrons. The summed E-state index contributed by atoms with van der Waals surface area (Å²) in [5, 5.41) is 4.35. The van der Waals surface area contributed by atoms with Crippen molar-refractivity contribution in [3.63, 3.8) is 0 Å². The van der Waals surface area contributed by atoms with E-state index in [1.165, 1.54) is 11.9 Å². The van der Waals surface area contributed by atoms with Crippen molar-refractivity contribution in [1.82, 2.24) is 19.6 Å². The molecule has 4 heterocycles. The molecule has 27 heavy (non-hydrogen) atoms. The van der Waals surface area contributed by atoms with Gasteiger partial charge in [0.25, 0.3) is 5.78 Å². The molecule has 2 aromatic heterocycles. The van der Waals surface area contributed by atoms with Crippen LogP contribution in [-0.2, 0) is 11.2 Å². The van der Waals surface area contributed by atoms with E-state index in [0.717, 1.165) is 48.7 Å². The summed E-state index contributed by atoms with van der Waals surface area (Å²) in [5.74, 6) is 1.85. The van der Waals surface area contributed by atoms with Gasteiger partial charge in [0, 0.05) is 36.6 Å². The summed E-state index contributed by atoms with van der Waals surface area (Å²) in [7, 11) is 0. The molecule has 0 spiro atoms. The Hall–Kier alpha value is -2.96. The Labute approximate surface area is 157 Å². The largest absolute Gasteiger partial charge is 0.355 e. The maximum Gasteiger partial charge on any atom is 0.254 e. The Kier molecular flexibility index (Phi) is 3.63. The molecule has 7 nitrogen and oxygen atoms in total.